The van der Waals surface area contributed by atoms with E-state index in [0.717, 1.165) is 35.9 Å². The summed E-state index contributed by atoms with van der Waals surface area (Å²) in [6.45, 7) is 2.37. The highest BCUT2D eigenvalue weighted by molar-refractivity contribution is 5.87. The number of hydrogen-bond donors (Lipinski definition) is 3. The van der Waals surface area contributed by atoms with Crippen LogP contribution in [0.3, 0.4) is 0 Å². The second-order valence-electron chi connectivity index (χ2n) is 6.09. The third kappa shape index (κ3) is 3.16. The standard InChI is InChI=1S/C17H22N4O2/c1-11(19-17(18)23)16(22)21-9-5-4-8-15(21)14-10-12-6-2-3-7-13(12)20-14/h2-3,6-7,10-11,15,20H,4-5,8-9H2,1H3,(H3,18,19,23)/t11-,15?/m0/s1. The van der Waals surface area contributed by atoms with E-state index in [1.54, 1.807) is 6.92 Å². The molecule has 0 aliphatic carbocycles. The van der Waals surface area contributed by atoms with Crippen LogP contribution >= 0.6 is 0 Å². The number of nitrogens with zero attached hydrogens (tertiary/aromatic N) is 1. The maximum atomic E-state index is 12.7. The number of piperidine rings is 1. The fourth-order valence-electron chi connectivity index (χ4n) is 3.32. The molecule has 0 bridgehead atoms. The molecule has 1 aromatic carbocycles. The molecule has 1 aromatic heterocycles. The molecule has 2 heterocycles. The fraction of sp³-hybridized carbons (Fsp3) is 0.412. The molecule has 2 atom stereocenters. The lowest BCUT2D eigenvalue weighted by atomic mass is 9.98. The molecular formula is C17H22N4O2. The van der Waals surface area contributed by atoms with Gasteiger partial charge in [0.25, 0.3) is 0 Å². The number of aromatic amines is 1. The van der Waals surface area contributed by atoms with Gasteiger partial charge in [0.1, 0.15) is 6.04 Å². The molecule has 6 nitrogen and oxygen atoms in total. The molecule has 23 heavy (non-hydrogen) atoms. The van der Waals surface area contributed by atoms with Crippen LogP contribution in [0.2, 0.25) is 0 Å². The number of hydrogen-bond acceptors (Lipinski definition) is 2. The molecule has 1 fully saturated rings. The van der Waals surface area contributed by atoms with Gasteiger partial charge in [-0.3, -0.25) is 4.79 Å². The van der Waals surface area contributed by atoms with Crippen LogP contribution in [0.4, 0.5) is 4.79 Å². The first-order valence-corrected chi connectivity index (χ1v) is 8.00. The summed E-state index contributed by atoms with van der Waals surface area (Å²) in [5.74, 6) is -0.0906. The molecule has 0 saturated carbocycles. The highest BCUT2D eigenvalue weighted by Gasteiger charge is 2.31. The third-order valence-electron chi connectivity index (χ3n) is 4.42. The number of nitrogens with two attached hydrogens (primary N) is 1. The second-order valence-corrected chi connectivity index (χ2v) is 6.09. The number of para-hydroxylation sites is 1. The van der Waals surface area contributed by atoms with Crippen molar-refractivity contribution in [3.8, 4) is 0 Å². The number of aromatic nitrogens is 1. The van der Waals surface area contributed by atoms with Gasteiger partial charge in [0.05, 0.1) is 6.04 Å². The lowest BCUT2D eigenvalue weighted by Crippen LogP contribution is -2.50. The van der Waals surface area contributed by atoms with Gasteiger partial charge in [0.15, 0.2) is 0 Å². The van der Waals surface area contributed by atoms with E-state index in [1.165, 1.54) is 0 Å². The molecule has 1 unspecified atom stereocenters. The predicted octanol–water partition coefficient (Wildman–Crippen LogP) is 2.28. The Morgan fingerprint density at radius 2 is 2.13 bits per heavy atom. The number of primary amides is 1. The van der Waals surface area contributed by atoms with Gasteiger partial charge in [-0.1, -0.05) is 18.2 Å². The summed E-state index contributed by atoms with van der Waals surface area (Å²) in [4.78, 5) is 29.0. The van der Waals surface area contributed by atoms with E-state index in [9.17, 15) is 9.59 Å². The molecule has 6 heteroatoms. The van der Waals surface area contributed by atoms with Gasteiger partial charge >= 0.3 is 6.03 Å². The zero-order chi connectivity index (χ0) is 16.4. The van der Waals surface area contributed by atoms with Crippen molar-refractivity contribution >= 4 is 22.8 Å². The summed E-state index contributed by atoms with van der Waals surface area (Å²) in [7, 11) is 0. The third-order valence-corrected chi connectivity index (χ3v) is 4.42. The first-order chi connectivity index (χ1) is 11.1. The highest BCUT2D eigenvalue weighted by atomic mass is 16.2. The Hall–Kier alpha value is -2.50. The molecule has 1 aliphatic rings. The number of nitrogens with one attached hydrogen (secondary N) is 2. The number of carbonyl (C=O) groups excluding carboxylic acids is 2. The molecular weight excluding hydrogens is 292 g/mol. The van der Waals surface area contributed by atoms with Crippen molar-refractivity contribution in [1.82, 2.24) is 15.2 Å². The van der Waals surface area contributed by atoms with E-state index >= 15 is 0 Å². The van der Waals surface area contributed by atoms with Gasteiger partial charge in [-0.15, -0.1) is 0 Å². The monoisotopic (exact) mass is 314 g/mol. The topological polar surface area (TPSA) is 91.2 Å². The number of H-pyrrole nitrogens is 1. The summed E-state index contributed by atoms with van der Waals surface area (Å²) in [5.41, 5.74) is 7.25. The quantitative estimate of drug-likeness (QED) is 0.811. The van der Waals surface area contributed by atoms with Crippen molar-refractivity contribution in [2.75, 3.05) is 6.54 Å². The first kappa shape index (κ1) is 15.4. The average molecular weight is 314 g/mol. The van der Waals surface area contributed by atoms with Crippen LogP contribution in [0.1, 0.15) is 37.9 Å². The summed E-state index contributed by atoms with van der Waals surface area (Å²) >= 11 is 0. The number of likely N-dealkylation sites (tertiary alicyclic amines) is 1. The lowest BCUT2D eigenvalue weighted by molar-refractivity contribution is -0.136. The Kier molecular flexibility index (Phi) is 4.23. The van der Waals surface area contributed by atoms with E-state index in [2.05, 4.69) is 22.4 Å². The Morgan fingerprint density at radius 3 is 2.87 bits per heavy atom. The minimum atomic E-state index is -0.676. The summed E-state index contributed by atoms with van der Waals surface area (Å²) < 4.78 is 0. The number of urea groups is 1. The van der Waals surface area contributed by atoms with Crippen LogP contribution in [0.5, 0.6) is 0 Å². The lowest BCUT2D eigenvalue weighted by Gasteiger charge is -2.36. The Bertz CT molecular complexity index is 691. The number of benzene rings is 1. The van der Waals surface area contributed by atoms with Crippen LogP contribution in [0, 0.1) is 0 Å². The molecule has 2 aromatic rings. The number of carbonyl (C=O) groups is 2. The largest absolute Gasteiger partial charge is 0.357 e. The zero-order valence-electron chi connectivity index (χ0n) is 13.2. The summed E-state index contributed by atoms with van der Waals surface area (Å²) in [6.07, 6.45) is 2.98. The van der Waals surface area contributed by atoms with Crippen LogP contribution in [0.15, 0.2) is 30.3 Å². The van der Waals surface area contributed by atoms with Crippen molar-refractivity contribution < 1.29 is 9.59 Å². The predicted molar refractivity (Wildman–Crippen MR) is 88.8 cm³/mol. The fourth-order valence-corrected chi connectivity index (χ4v) is 3.32. The number of rotatable bonds is 3. The van der Waals surface area contributed by atoms with Crippen molar-refractivity contribution in [2.24, 2.45) is 5.73 Å². The van der Waals surface area contributed by atoms with E-state index in [4.69, 9.17) is 5.73 Å². The average Bonchev–Trinajstić information content (AvgIpc) is 2.97. The number of amides is 3. The molecule has 3 amide bonds. The normalized spacial score (nSPS) is 19.5. The van der Waals surface area contributed by atoms with Crippen LogP contribution < -0.4 is 11.1 Å². The Balaban J connectivity index is 1.86. The van der Waals surface area contributed by atoms with Gasteiger partial charge < -0.3 is 20.9 Å². The van der Waals surface area contributed by atoms with E-state index < -0.39 is 12.1 Å². The maximum absolute atomic E-state index is 12.7. The minimum absolute atomic E-state index is 0.0146. The van der Waals surface area contributed by atoms with Crippen LogP contribution in [-0.4, -0.2) is 34.4 Å². The second kappa shape index (κ2) is 6.32. The SMILES string of the molecule is C[C@H](NC(N)=O)C(=O)N1CCCCC1c1cc2ccccc2[nH]1. The van der Waals surface area contributed by atoms with Gasteiger partial charge in [0, 0.05) is 17.8 Å². The molecule has 0 radical (unpaired) electrons. The molecule has 122 valence electrons. The van der Waals surface area contributed by atoms with Gasteiger partial charge in [0.2, 0.25) is 5.91 Å². The van der Waals surface area contributed by atoms with Gasteiger partial charge in [-0.05, 0) is 43.7 Å². The maximum Gasteiger partial charge on any atom is 0.312 e. The first-order valence-electron chi connectivity index (χ1n) is 8.00. The van der Waals surface area contributed by atoms with Crippen molar-refractivity contribution in [3.63, 3.8) is 0 Å². The zero-order valence-corrected chi connectivity index (χ0v) is 13.2. The van der Waals surface area contributed by atoms with Gasteiger partial charge in [-0.25, -0.2) is 4.79 Å². The van der Waals surface area contributed by atoms with E-state index in [1.807, 2.05) is 23.1 Å². The molecule has 0 spiro atoms. The van der Waals surface area contributed by atoms with E-state index in [-0.39, 0.29) is 11.9 Å². The number of fused-ring (bicyclic) bond motifs is 1. The molecule has 3 rings (SSSR count). The van der Waals surface area contributed by atoms with Crippen LogP contribution in [-0.2, 0) is 4.79 Å². The minimum Gasteiger partial charge on any atom is -0.357 e. The van der Waals surface area contributed by atoms with Crippen molar-refractivity contribution in [3.05, 3.63) is 36.0 Å². The summed E-state index contributed by atoms with van der Waals surface area (Å²) in [6, 6.07) is 8.92. The Labute approximate surface area is 135 Å². The molecule has 1 aliphatic heterocycles. The summed E-state index contributed by atoms with van der Waals surface area (Å²) in [5, 5.41) is 3.62. The van der Waals surface area contributed by atoms with E-state index in [0.29, 0.717) is 6.54 Å². The van der Waals surface area contributed by atoms with Crippen LogP contribution in [0.25, 0.3) is 10.9 Å². The molecule has 1 saturated heterocycles. The Morgan fingerprint density at radius 1 is 1.35 bits per heavy atom. The smallest absolute Gasteiger partial charge is 0.312 e. The van der Waals surface area contributed by atoms with Crippen molar-refractivity contribution in [1.29, 1.82) is 0 Å². The highest BCUT2D eigenvalue weighted by Crippen LogP contribution is 2.32. The molecule has 4 N–H and O–H groups in total. The van der Waals surface area contributed by atoms with Gasteiger partial charge in [-0.2, -0.15) is 0 Å². The van der Waals surface area contributed by atoms with Crippen molar-refractivity contribution in [2.45, 2.75) is 38.3 Å².